The molecule has 7 heteroatoms. The molecular weight excluding hydrogens is 342 g/mol. The Morgan fingerprint density at radius 3 is 2.43 bits per heavy atom. The lowest BCUT2D eigenvalue weighted by atomic mass is 10.0. The van der Waals surface area contributed by atoms with Crippen LogP contribution in [0.15, 0.2) is 28.9 Å². The number of hydrogen-bond donors (Lipinski definition) is 2. The molecule has 0 aliphatic carbocycles. The summed E-state index contributed by atoms with van der Waals surface area (Å²) in [5, 5.41) is 4.29. The molecule has 2 aromatic rings. The van der Waals surface area contributed by atoms with Crippen LogP contribution in [-0.2, 0) is 6.42 Å². The van der Waals surface area contributed by atoms with Crippen LogP contribution in [0.3, 0.4) is 0 Å². The molecule has 3 N–H and O–H groups in total. The lowest BCUT2D eigenvalue weighted by Crippen LogP contribution is -2.32. The van der Waals surface area contributed by atoms with Crippen LogP contribution in [0, 0.1) is 11.6 Å². The van der Waals surface area contributed by atoms with Crippen LogP contribution in [-0.4, -0.2) is 9.78 Å². The van der Waals surface area contributed by atoms with E-state index >= 15 is 0 Å². The first-order chi connectivity index (χ1) is 9.92. The topological polar surface area (TPSA) is 55.9 Å². The van der Waals surface area contributed by atoms with E-state index in [0.29, 0.717) is 12.0 Å². The third-order valence-corrected chi connectivity index (χ3v) is 3.78. The number of benzene rings is 1. The van der Waals surface area contributed by atoms with E-state index in [9.17, 15) is 8.78 Å². The van der Waals surface area contributed by atoms with E-state index in [1.807, 2.05) is 18.5 Å². The van der Waals surface area contributed by atoms with Gasteiger partial charge in [-0.05, 0) is 53.9 Å². The summed E-state index contributed by atoms with van der Waals surface area (Å²) < 4.78 is 29.2. The molecule has 0 saturated heterocycles. The third-order valence-electron chi connectivity index (χ3n) is 3.17. The molecule has 1 aromatic carbocycles. The van der Waals surface area contributed by atoms with Gasteiger partial charge in [-0.15, -0.1) is 0 Å². The van der Waals surface area contributed by atoms with Crippen molar-refractivity contribution in [3.8, 4) is 0 Å². The highest BCUT2D eigenvalue weighted by molar-refractivity contribution is 9.10. The predicted octanol–water partition coefficient (Wildman–Crippen LogP) is 3.25. The number of aromatic nitrogens is 2. The molecule has 0 saturated carbocycles. The molecular formula is C14H17BrF2N4. The van der Waals surface area contributed by atoms with Crippen molar-refractivity contribution in [3.05, 3.63) is 51.8 Å². The number of rotatable bonds is 5. The monoisotopic (exact) mass is 358 g/mol. The maximum Gasteiger partial charge on any atom is 0.126 e. The van der Waals surface area contributed by atoms with Crippen LogP contribution in [0.25, 0.3) is 0 Å². The number of nitrogens with zero attached hydrogens (tertiary/aromatic N) is 2. The van der Waals surface area contributed by atoms with Crippen molar-refractivity contribution in [2.45, 2.75) is 32.4 Å². The summed E-state index contributed by atoms with van der Waals surface area (Å²) in [6.45, 7) is 4.00. The predicted molar refractivity (Wildman–Crippen MR) is 80.4 cm³/mol. The smallest absolute Gasteiger partial charge is 0.126 e. The average Bonchev–Trinajstić information content (AvgIpc) is 2.77. The zero-order chi connectivity index (χ0) is 15.6. The normalized spacial score (nSPS) is 12.9. The largest absolute Gasteiger partial charge is 0.271 e. The summed E-state index contributed by atoms with van der Waals surface area (Å²) in [7, 11) is 0. The molecule has 0 fully saturated rings. The number of hydrazine groups is 1. The van der Waals surface area contributed by atoms with Gasteiger partial charge in [0.1, 0.15) is 11.6 Å². The maximum absolute atomic E-state index is 13.3. The van der Waals surface area contributed by atoms with E-state index in [1.165, 1.54) is 12.1 Å². The third kappa shape index (κ3) is 3.66. The van der Waals surface area contributed by atoms with Crippen molar-refractivity contribution in [3.63, 3.8) is 0 Å². The van der Waals surface area contributed by atoms with Gasteiger partial charge in [0.05, 0.1) is 22.4 Å². The minimum Gasteiger partial charge on any atom is -0.271 e. The summed E-state index contributed by atoms with van der Waals surface area (Å²) in [6, 6.07) is 3.29. The van der Waals surface area contributed by atoms with Gasteiger partial charge in [-0.3, -0.25) is 16.0 Å². The van der Waals surface area contributed by atoms with Gasteiger partial charge >= 0.3 is 0 Å². The summed E-state index contributed by atoms with van der Waals surface area (Å²) in [5.41, 5.74) is 4.06. The molecule has 1 aromatic heterocycles. The first kappa shape index (κ1) is 16.1. The van der Waals surface area contributed by atoms with Gasteiger partial charge < -0.3 is 0 Å². The Hall–Kier alpha value is -1.31. The Morgan fingerprint density at radius 1 is 1.29 bits per heavy atom. The van der Waals surface area contributed by atoms with Gasteiger partial charge in [0.2, 0.25) is 0 Å². The molecule has 0 radical (unpaired) electrons. The zero-order valence-electron chi connectivity index (χ0n) is 11.8. The highest BCUT2D eigenvalue weighted by Crippen LogP contribution is 2.28. The molecule has 2 rings (SSSR count). The number of halogens is 3. The summed E-state index contributed by atoms with van der Waals surface area (Å²) in [6.07, 6.45) is 2.04. The fourth-order valence-corrected chi connectivity index (χ4v) is 2.84. The molecule has 114 valence electrons. The molecule has 0 amide bonds. The number of nitrogens with one attached hydrogen (secondary N) is 1. The Labute approximate surface area is 130 Å². The van der Waals surface area contributed by atoms with Gasteiger partial charge in [0.25, 0.3) is 0 Å². The van der Waals surface area contributed by atoms with Crippen LogP contribution in [0.4, 0.5) is 8.78 Å². The van der Waals surface area contributed by atoms with E-state index in [2.05, 4.69) is 26.5 Å². The number of hydrogen-bond acceptors (Lipinski definition) is 3. The fourth-order valence-electron chi connectivity index (χ4n) is 2.29. The quantitative estimate of drug-likeness (QED) is 0.637. The van der Waals surface area contributed by atoms with E-state index in [4.69, 9.17) is 5.84 Å². The molecule has 0 aliphatic rings. The standard InChI is InChI=1S/C14H17BrF2N4/c1-8(2)21-14(12(15)7-19-21)13(20-18)5-9-3-10(16)6-11(17)4-9/h3-4,6-8,13,20H,5,18H2,1-2H3. The summed E-state index contributed by atoms with van der Waals surface area (Å²) >= 11 is 3.44. The van der Waals surface area contributed by atoms with Gasteiger partial charge in [0, 0.05) is 12.1 Å². The van der Waals surface area contributed by atoms with Crippen LogP contribution in [0.5, 0.6) is 0 Å². The van der Waals surface area contributed by atoms with Crippen LogP contribution >= 0.6 is 15.9 Å². The van der Waals surface area contributed by atoms with Crippen molar-refractivity contribution < 1.29 is 8.78 Å². The second kappa shape index (κ2) is 6.64. The van der Waals surface area contributed by atoms with Crippen molar-refractivity contribution in [1.82, 2.24) is 15.2 Å². The van der Waals surface area contributed by atoms with Gasteiger partial charge in [0.15, 0.2) is 0 Å². The Kier molecular flexibility index (Phi) is 5.08. The SMILES string of the molecule is CC(C)n1ncc(Br)c1C(Cc1cc(F)cc(F)c1)NN. The Bertz CT molecular complexity index is 607. The minimum absolute atomic E-state index is 0.145. The first-order valence-electron chi connectivity index (χ1n) is 6.56. The molecule has 1 unspecified atom stereocenters. The van der Waals surface area contributed by atoms with Crippen molar-refractivity contribution in [2.24, 2.45) is 5.84 Å². The van der Waals surface area contributed by atoms with E-state index in [1.54, 1.807) is 6.20 Å². The Balaban J connectivity index is 2.34. The molecule has 4 nitrogen and oxygen atoms in total. The molecule has 0 bridgehead atoms. The lowest BCUT2D eigenvalue weighted by molar-refractivity contribution is 0.445. The highest BCUT2D eigenvalue weighted by atomic mass is 79.9. The van der Waals surface area contributed by atoms with Crippen molar-refractivity contribution in [2.75, 3.05) is 0 Å². The van der Waals surface area contributed by atoms with Gasteiger partial charge in [-0.1, -0.05) is 0 Å². The highest BCUT2D eigenvalue weighted by Gasteiger charge is 2.21. The molecule has 21 heavy (non-hydrogen) atoms. The summed E-state index contributed by atoms with van der Waals surface area (Å²) in [5.74, 6) is 4.43. The summed E-state index contributed by atoms with van der Waals surface area (Å²) in [4.78, 5) is 0. The molecule has 1 atom stereocenters. The average molecular weight is 359 g/mol. The van der Waals surface area contributed by atoms with E-state index < -0.39 is 11.6 Å². The molecule has 0 spiro atoms. The zero-order valence-corrected chi connectivity index (χ0v) is 13.4. The minimum atomic E-state index is -0.600. The van der Waals surface area contributed by atoms with E-state index in [-0.39, 0.29) is 12.1 Å². The van der Waals surface area contributed by atoms with Crippen molar-refractivity contribution >= 4 is 15.9 Å². The Morgan fingerprint density at radius 2 is 1.90 bits per heavy atom. The van der Waals surface area contributed by atoms with Crippen LogP contribution < -0.4 is 11.3 Å². The van der Waals surface area contributed by atoms with Gasteiger partial charge in [-0.25, -0.2) is 8.78 Å². The lowest BCUT2D eigenvalue weighted by Gasteiger charge is -2.20. The second-order valence-corrected chi connectivity index (χ2v) is 5.97. The van der Waals surface area contributed by atoms with Gasteiger partial charge in [-0.2, -0.15) is 5.10 Å². The fraction of sp³-hybridized carbons (Fsp3) is 0.357. The molecule has 0 aliphatic heterocycles. The van der Waals surface area contributed by atoms with E-state index in [0.717, 1.165) is 16.2 Å². The van der Waals surface area contributed by atoms with Crippen molar-refractivity contribution in [1.29, 1.82) is 0 Å². The second-order valence-electron chi connectivity index (χ2n) is 5.12. The maximum atomic E-state index is 13.3. The van der Waals surface area contributed by atoms with Crippen LogP contribution in [0.1, 0.15) is 37.2 Å². The van der Waals surface area contributed by atoms with Crippen LogP contribution in [0.2, 0.25) is 0 Å². The number of nitrogens with two attached hydrogens (primary N) is 1. The first-order valence-corrected chi connectivity index (χ1v) is 7.35. The molecule has 1 heterocycles.